The summed E-state index contributed by atoms with van der Waals surface area (Å²) in [5, 5.41) is 0. The van der Waals surface area contributed by atoms with Gasteiger partial charge in [0.2, 0.25) is 0 Å². The molecule has 22 heavy (non-hydrogen) atoms. The van der Waals surface area contributed by atoms with E-state index in [1.807, 2.05) is 0 Å². The number of carbonyl (C=O) groups is 2. The topological polar surface area (TPSA) is 52.6 Å². The minimum atomic E-state index is -0.457. The standard InChI is InChI=1S/C18H30O4/c1-13-6-3-7-14(2)18(13)15-8-4-10-21-16(19)12-17(20)22-11-5-9-15/h13-15,18H,3-12H2,1-2H3. The first-order valence-corrected chi connectivity index (χ1v) is 8.89. The Hall–Kier alpha value is -1.06. The van der Waals surface area contributed by atoms with Gasteiger partial charge >= 0.3 is 11.9 Å². The molecule has 1 saturated heterocycles. The van der Waals surface area contributed by atoms with Crippen LogP contribution in [0.25, 0.3) is 0 Å². The van der Waals surface area contributed by atoms with Gasteiger partial charge in [0.15, 0.2) is 0 Å². The molecule has 1 heterocycles. The van der Waals surface area contributed by atoms with E-state index in [2.05, 4.69) is 13.8 Å². The Morgan fingerprint density at radius 1 is 0.773 bits per heavy atom. The number of esters is 2. The van der Waals surface area contributed by atoms with Gasteiger partial charge in [-0.3, -0.25) is 9.59 Å². The van der Waals surface area contributed by atoms with E-state index in [1.54, 1.807) is 0 Å². The highest BCUT2D eigenvalue weighted by molar-refractivity contribution is 5.91. The molecule has 2 fully saturated rings. The summed E-state index contributed by atoms with van der Waals surface area (Å²) in [4.78, 5) is 22.9. The lowest BCUT2D eigenvalue weighted by atomic mass is 9.65. The maximum Gasteiger partial charge on any atom is 0.317 e. The van der Waals surface area contributed by atoms with E-state index in [0.29, 0.717) is 19.1 Å². The second-order valence-corrected chi connectivity index (χ2v) is 7.13. The van der Waals surface area contributed by atoms with Crippen molar-refractivity contribution >= 4 is 11.9 Å². The first-order valence-electron chi connectivity index (χ1n) is 8.89. The van der Waals surface area contributed by atoms with Crippen LogP contribution in [-0.2, 0) is 19.1 Å². The van der Waals surface area contributed by atoms with Gasteiger partial charge < -0.3 is 9.47 Å². The van der Waals surface area contributed by atoms with E-state index in [9.17, 15) is 9.59 Å². The molecule has 0 amide bonds. The van der Waals surface area contributed by atoms with Gasteiger partial charge in [0.05, 0.1) is 13.2 Å². The minimum absolute atomic E-state index is 0.250. The third kappa shape index (κ3) is 4.99. The van der Waals surface area contributed by atoms with Crippen molar-refractivity contribution in [1.82, 2.24) is 0 Å². The van der Waals surface area contributed by atoms with Crippen molar-refractivity contribution in [3.8, 4) is 0 Å². The fourth-order valence-corrected chi connectivity index (χ4v) is 4.45. The summed E-state index contributed by atoms with van der Waals surface area (Å²) in [5.41, 5.74) is 0. The van der Waals surface area contributed by atoms with Gasteiger partial charge in [-0.15, -0.1) is 0 Å². The molecule has 0 aromatic heterocycles. The van der Waals surface area contributed by atoms with E-state index in [1.165, 1.54) is 19.3 Å². The molecule has 2 unspecified atom stereocenters. The summed E-state index contributed by atoms with van der Waals surface area (Å²) < 4.78 is 10.3. The van der Waals surface area contributed by atoms with Crippen LogP contribution in [0.4, 0.5) is 0 Å². The molecule has 1 aliphatic heterocycles. The molecule has 0 N–H and O–H groups in total. The Morgan fingerprint density at radius 2 is 1.27 bits per heavy atom. The lowest BCUT2D eigenvalue weighted by molar-refractivity contribution is -0.155. The maximum atomic E-state index is 11.5. The van der Waals surface area contributed by atoms with Crippen molar-refractivity contribution in [1.29, 1.82) is 0 Å². The zero-order chi connectivity index (χ0) is 15.9. The largest absolute Gasteiger partial charge is 0.465 e. The van der Waals surface area contributed by atoms with Crippen molar-refractivity contribution in [3.63, 3.8) is 0 Å². The van der Waals surface area contributed by atoms with Crippen LogP contribution in [-0.4, -0.2) is 25.2 Å². The van der Waals surface area contributed by atoms with E-state index >= 15 is 0 Å². The van der Waals surface area contributed by atoms with Crippen LogP contribution in [0.3, 0.4) is 0 Å². The number of hydrogen-bond donors (Lipinski definition) is 0. The molecule has 0 aromatic carbocycles. The molecule has 2 atom stereocenters. The molecule has 1 aliphatic carbocycles. The molecular formula is C18H30O4. The number of carbonyl (C=O) groups excluding carboxylic acids is 2. The van der Waals surface area contributed by atoms with E-state index < -0.39 is 11.9 Å². The Balaban J connectivity index is 1.96. The highest BCUT2D eigenvalue weighted by Gasteiger charge is 2.33. The van der Waals surface area contributed by atoms with E-state index in [-0.39, 0.29) is 6.42 Å². The van der Waals surface area contributed by atoms with Crippen molar-refractivity contribution in [2.45, 2.75) is 65.2 Å². The third-order valence-electron chi connectivity index (χ3n) is 5.43. The fraction of sp³-hybridized carbons (Fsp3) is 0.889. The molecule has 0 radical (unpaired) electrons. The van der Waals surface area contributed by atoms with Crippen LogP contribution in [0.15, 0.2) is 0 Å². The molecule has 1 saturated carbocycles. The molecule has 4 nitrogen and oxygen atoms in total. The number of cyclic esters (lactones) is 2. The van der Waals surface area contributed by atoms with Crippen molar-refractivity contribution in [2.24, 2.45) is 23.7 Å². The highest BCUT2D eigenvalue weighted by atomic mass is 16.6. The second-order valence-electron chi connectivity index (χ2n) is 7.13. The van der Waals surface area contributed by atoms with Crippen molar-refractivity contribution in [2.75, 3.05) is 13.2 Å². The van der Waals surface area contributed by atoms with Crippen molar-refractivity contribution < 1.29 is 19.1 Å². The van der Waals surface area contributed by atoms with Gasteiger partial charge in [-0.05, 0) is 49.4 Å². The Labute approximate surface area is 133 Å². The van der Waals surface area contributed by atoms with Gasteiger partial charge in [0.1, 0.15) is 6.42 Å². The normalized spacial score (nSPS) is 33.3. The second kappa shape index (κ2) is 8.54. The quantitative estimate of drug-likeness (QED) is 0.547. The maximum absolute atomic E-state index is 11.5. The van der Waals surface area contributed by atoms with Gasteiger partial charge in [0.25, 0.3) is 0 Å². The molecule has 0 bridgehead atoms. The predicted molar refractivity (Wildman–Crippen MR) is 84.2 cm³/mol. The summed E-state index contributed by atoms with van der Waals surface area (Å²) in [5.74, 6) is 2.03. The predicted octanol–water partition coefficient (Wildman–Crippen LogP) is 3.73. The zero-order valence-electron chi connectivity index (χ0n) is 14.0. The van der Waals surface area contributed by atoms with Gasteiger partial charge in [-0.1, -0.05) is 33.1 Å². The molecular weight excluding hydrogens is 280 g/mol. The molecule has 2 rings (SSSR count). The van der Waals surface area contributed by atoms with Gasteiger partial charge in [-0.25, -0.2) is 0 Å². The summed E-state index contributed by atoms with van der Waals surface area (Å²) >= 11 is 0. The Morgan fingerprint density at radius 3 is 1.77 bits per heavy atom. The van der Waals surface area contributed by atoms with E-state index in [0.717, 1.165) is 43.4 Å². The SMILES string of the molecule is CC1CCCC(C)C1C1CCCOC(=O)CC(=O)OCCC1. The van der Waals surface area contributed by atoms with Crippen LogP contribution in [0, 0.1) is 23.7 Å². The van der Waals surface area contributed by atoms with Crippen molar-refractivity contribution in [3.05, 3.63) is 0 Å². The Kier molecular flexibility index (Phi) is 6.71. The Bertz CT molecular complexity index is 347. The average Bonchev–Trinajstić information content (AvgIpc) is 2.45. The lowest BCUT2D eigenvalue weighted by Gasteiger charge is -2.40. The van der Waals surface area contributed by atoms with E-state index in [4.69, 9.17) is 9.47 Å². The number of rotatable bonds is 1. The summed E-state index contributed by atoms with van der Waals surface area (Å²) in [7, 11) is 0. The first kappa shape index (κ1) is 17.3. The molecule has 2 aliphatic rings. The molecule has 0 spiro atoms. The smallest absolute Gasteiger partial charge is 0.317 e. The average molecular weight is 310 g/mol. The molecule has 4 heteroatoms. The number of ether oxygens (including phenoxy) is 2. The summed E-state index contributed by atoms with van der Waals surface area (Å²) in [6.45, 7) is 5.63. The zero-order valence-corrected chi connectivity index (χ0v) is 14.0. The third-order valence-corrected chi connectivity index (χ3v) is 5.43. The fourth-order valence-electron chi connectivity index (χ4n) is 4.45. The lowest BCUT2D eigenvalue weighted by Crippen LogP contribution is -2.32. The van der Waals surface area contributed by atoms with Gasteiger partial charge in [0, 0.05) is 0 Å². The summed E-state index contributed by atoms with van der Waals surface area (Å²) in [6.07, 6.45) is 7.79. The minimum Gasteiger partial charge on any atom is -0.465 e. The van der Waals surface area contributed by atoms with Crippen LogP contribution < -0.4 is 0 Å². The monoisotopic (exact) mass is 310 g/mol. The number of hydrogen-bond acceptors (Lipinski definition) is 4. The highest BCUT2D eigenvalue weighted by Crippen LogP contribution is 2.42. The van der Waals surface area contributed by atoms with Crippen LogP contribution in [0.1, 0.15) is 65.2 Å². The van der Waals surface area contributed by atoms with Crippen LogP contribution >= 0.6 is 0 Å². The molecule has 126 valence electrons. The first-order chi connectivity index (χ1) is 10.6. The van der Waals surface area contributed by atoms with Gasteiger partial charge in [-0.2, -0.15) is 0 Å². The molecule has 0 aromatic rings. The van der Waals surface area contributed by atoms with Crippen LogP contribution in [0.2, 0.25) is 0 Å². The summed E-state index contributed by atoms with van der Waals surface area (Å²) in [6, 6.07) is 0. The van der Waals surface area contributed by atoms with Crippen LogP contribution in [0.5, 0.6) is 0 Å².